The van der Waals surface area contributed by atoms with Gasteiger partial charge in [-0.3, -0.25) is 14.6 Å². The number of amides is 2. The van der Waals surface area contributed by atoms with Crippen LogP contribution in [0.15, 0.2) is 29.3 Å². The molecule has 0 radical (unpaired) electrons. The van der Waals surface area contributed by atoms with Gasteiger partial charge in [-0.1, -0.05) is 13.2 Å². The highest BCUT2D eigenvalue weighted by Crippen LogP contribution is 1.83. The number of nitrogens with one attached hydrogen (secondary N) is 1. The zero-order chi connectivity index (χ0) is 14.6. The minimum Gasteiger partial charge on any atom is -0.366 e. The minimum absolute atomic E-state index is 0.144. The van der Waals surface area contributed by atoms with Gasteiger partial charge in [-0.05, 0) is 13.8 Å². The summed E-state index contributed by atoms with van der Waals surface area (Å²) in [6, 6.07) is 0. The zero-order valence-electron chi connectivity index (χ0n) is 11.0. The second kappa shape index (κ2) is 11.5. The Balaban J connectivity index is 0. The number of carbonyl (C=O) groups excluding carboxylic acids is 2. The Morgan fingerprint density at radius 2 is 1.78 bits per heavy atom. The molecule has 0 rings (SSSR count). The van der Waals surface area contributed by atoms with Crippen LogP contribution in [0.1, 0.15) is 13.8 Å². The third-order valence-electron chi connectivity index (χ3n) is 1.55. The first-order valence-corrected chi connectivity index (χ1v) is 5.40. The van der Waals surface area contributed by atoms with Crippen LogP contribution in [0.2, 0.25) is 0 Å². The predicted molar refractivity (Wildman–Crippen MR) is 74.2 cm³/mol. The molecule has 0 saturated carbocycles. The maximum atomic E-state index is 10.9. The van der Waals surface area contributed by atoms with Crippen molar-refractivity contribution in [2.45, 2.75) is 13.8 Å². The zero-order valence-corrected chi connectivity index (χ0v) is 11.0. The summed E-state index contributed by atoms with van der Waals surface area (Å²) in [7, 11) is 0. The SMILES string of the molecule is C=C(C)C(=O)NCC=NCCN.C=C(C)C(N)=O. The van der Waals surface area contributed by atoms with Gasteiger partial charge in [-0.15, -0.1) is 0 Å². The van der Waals surface area contributed by atoms with Gasteiger partial charge in [0.25, 0.3) is 0 Å². The second-order valence-electron chi connectivity index (χ2n) is 3.51. The lowest BCUT2D eigenvalue weighted by molar-refractivity contribution is -0.117. The van der Waals surface area contributed by atoms with Gasteiger partial charge >= 0.3 is 0 Å². The minimum atomic E-state index is -0.435. The lowest BCUT2D eigenvalue weighted by Crippen LogP contribution is -2.25. The van der Waals surface area contributed by atoms with E-state index in [9.17, 15) is 9.59 Å². The van der Waals surface area contributed by atoms with Gasteiger partial charge < -0.3 is 16.8 Å². The summed E-state index contributed by atoms with van der Waals surface area (Å²) in [4.78, 5) is 24.6. The van der Waals surface area contributed by atoms with Gasteiger partial charge in [0.1, 0.15) is 0 Å². The Hall–Kier alpha value is -1.95. The summed E-state index contributed by atoms with van der Waals surface area (Å²) >= 11 is 0. The topological polar surface area (TPSA) is 111 Å². The lowest BCUT2D eigenvalue weighted by atomic mass is 10.3. The third kappa shape index (κ3) is 14.1. The van der Waals surface area contributed by atoms with Crippen LogP contribution in [0.4, 0.5) is 0 Å². The molecule has 5 N–H and O–H groups in total. The van der Waals surface area contributed by atoms with E-state index in [2.05, 4.69) is 23.5 Å². The average Bonchev–Trinajstić information content (AvgIpc) is 2.29. The van der Waals surface area contributed by atoms with Crippen LogP contribution in [0.5, 0.6) is 0 Å². The van der Waals surface area contributed by atoms with Crippen LogP contribution < -0.4 is 16.8 Å². The molecule has 102 valence electrons. The van der Waals surface area contributed by atoms with Crippen molar-refractivity contribution in [3.63, 3.8) is 0 Å². The average molecular weight is 254 g/mol. The molecule has 0 heterocycles. The van der Waals surface area contributed by atoms with Crippen LogP contribution in [-0.4, -0.2) is 37.7 Å². The van der Waals surface area contributed by atoms with Crippen LogP contribution in [-0.2, 0) is 9.59 Å². The van der Waals surface area contributed by atoms with E-state index in [1.54, 1.807) is 20.1 Å². The molecule has 0 spiro atoms. The number of aliphatic imine (C=N–C) groups is 1. The normalized spacial score (nSPS) is 9.28. The van der Waals surface area contributed by atoms with Gasteiger partial charge in [0.05, 0.1) is 13.1 Å². The lowest BCUT2D eigenvalue weighted by Gasteiger charge is -1.98. The molecular weight excluding hydrogens is 232 g/mol. The number of primary amides is 1. The summed E-state index contributed by atoms with van der Waals surface area (Å²) in [6.45, 7) is 11.6. The molecule has 0 aliphatic rings. The highest BCUT2D eigenvalue weighted by Gasteiger charge is 1.96. The van der Waals surface area contributed by atoms with Gasteiger partial charge in [-0.25, -0.2) is 0 Å². The van der Waals surface area contributed by atoms with Crippen molar-refractivity contribution < 1.29 is 9.59 Å². The fourth-order valence-corrected chi connectivity index (χ4v) is 0.520. The molecule has 0 aliphatic heterocycles. The molecule has 0 aliphatic carbocycles. The summed E-state index contributed by atoms with van der Waals surface area (Å²) in [5, 5.41) is 2.61. The Morgan fingerprint density at radius 3 is 2.11 bits per heavy atom. The van der Waals surface area contributed by atoms with Gasteiger partial charge in [0, 0.05) is 23.9 Å². The molecular formula is C12H22N4O2. The predicted octanol–water partition coefficient (Wildman–Crippen LogP) is -0.244. The quantitative estimate of drug-likeness (QED) is 0.449. The molecule has 0 bridgehead atoms. The Kier molecular flexibility index (Phi) is 11.8. The van der Waals surface area contributed by atoms with Crippen LogP contribution in [0.25, 0.3) is 0 Å². The van der Waals surface area contributed by atoms with Gasteiger partial charge in [0.15, 0.2) is 0 Å². The van der Waals surface area contributed by atoms with Crippen molar-refractivity contribution in [1.29, 1.82) is 0 Å². The standard InChI is InChI=1S/C8H15N3O.C4H7NO/c1-7(2)8(12)11-6-5-10-4-3-9;1-3(2)4(5)6/h5H,1,3-4,6,9H2,2H3,(H,11,12);1H2,2H3,(H2,5,6). The van der Waals surface area contributed by atoms with Gasteiger partial charge in [-0.2, -0.15) is 0 Å². The third-order valence-corrected chi connectivity index (χ3v) is 1.55. The summed E-state index contributed by atoms with van der Waals surface area (Å²) < 4.78 is 0. The molecule has 0 aromatic heterocycles. The van der Waals surface area contributed by atoms with Gasteiger partial charge in [0.2, 0.25) is 11.8 Å². The molecule has 0 fully saturated rings. The monoisotopic (exact) mass is 254 g/mol. The first-order valence-electron chi connectivity index (χ1n) is 5.40. The van der Waals surface area contributed by atoms with E-state index < -0.39 is 5.91 Å². The highest BCUT2D eigenvalue weighted by atomic mass is 16.2. The molecule has 18 heavy (non-hydrogen) atoms. The first-order chi connectivity index (χ1) is 8.32. The van der Waals surface area contributed by atoms with Crippen molar-refractivity contribution >= 4 is 18.0 Å². The maximum Gasteiger partial charge on any atom is 0.246 e. The Morgan fingerprint density at radius 1 is 1.28 bits per heavy atom. The smallest absolute Gasteiger partial charge is 0.246 e. The molecule has 2 amide bonds. The molecule has 0 atom stereocenters. The van der Waals surface area contributed by atoms with E-state index in [1.165, 1.54) is 0 Å². The van der Waals surface area contributed by atoms with Crippen molar-refractivity contribution in [2.24, 2.45) is 16.5 Å². The van der Waals surface area contributed by atoms with E-state index in [-0.39, 0.29) is 5.91 Å². The Bertz CT molecular complexity index is 323. The van der Waals surface area contributed by atoms with Crippen molar-refractivity contribution in [3.05, 3.63) is 24.3 Å². The summed E-state index contributed by atoms with van der Waals surface area (Å²) in [6.07, 6.45) is 1.63. The van der Waals surface area contributed by atoms with Crippen LogP contribution in [0, 0.1) is 0 Å². The molecule has 6 heteroatoms. The molecule has 0 aromatic rings. The van der Waals surface area contributed by atoms with Crippen molar-refractivity contribution in [2.75, 3.05) is 19.6 Å². The van der Waals surface area contributed by atoms with Crippen LogP contribution in [0.3, 0.4) is 0 Å². The fraction of sp³-hybridized carbons (Fsp3) is 0.417. The number of hydrogen-bond acceptors (Lipinski definition) is 4. The fourth-order valence-electron chi connectivity index (χ4n) is 0.520. The number of rotatable bonds is 6. The Labute approximate surface area is 108 Å². The molecule has 0 aromatic carbocycles. The number of carbonyl (C=O) groups is 2. The van der Waals surface area contributed by atoms with E-state index in [4.69, 9.17) is 11.5 Å². The van der Waals surface area contributed by atoms with E-state index in [0.29, 0.717) is 30.8 Å². The number of nitrogens with two attached hydrogens (primary N) is 2. The first kappa shape index (κ1) is 18.4. The molecule has 6 nitrogen and oxygen atoms in total. The van der Waals surface area contributed by atoms with Crippen molar-refractivity contribution in [1.82, 2.24) is 5.32 Å². The number of hydrogen-bond donors (Lipinski definition) is 3. The van der Waals surface area contributed by atoms with E-state index >= 15 is 0 Å². The second-order valence-corrected chi connectivity index (χ2v) is 3.51. The van der Waals surface area contributed by atoms with E-state index in [1.807, 2.05) is 0 Å². The maximum absolute atomic E-state index is 10.9. The summed E-state index contributed by atoms with van der Waals surface area (Å²) in [5.41, 5.74) is 10.8. The molecule has 0 unspecified atom stereocenters. The highest BCUT2D eigenvalue weighted by molar-refractivity contribution is 5.93. The molecule has 0 saturated heterocycles. The largest absolute Gasteiger partial charge is 0.366 e. The summed E-state index contributed by atoms with van der Waals surface area (Å²) in [5.74, 6) is -0.579. The van der Waals surface area contributed by atoms with Crippen molar-refractivity contribution in [3.8, 4) is 0 Å². The van der Waals surface area contributed by atoms with E-state index in [0.717, 1.165) is 0 Å². The number of nitrogens with zero attached hydrogens (tertiary/aromatic N) is 1. The van der Waals surface area contributed by atoms with Crippen LogP contribution >= 0.6 is 0 Å².